The van der Waals surface area contributed by atoms with Crippen LogP contribution in [0.4, 0.5) is 10.2 Å². The quantitative estimate of drug-likeness (QED) is 0.383. The lowest BCUT2D eigenvalue weighted by Gasteiger charge is -2.32. The van der Waals surface area contributed by atoms with Gasteiger partial charge < -0.3 is 16.4 Å². The van der Waals surface area contributed by atoms with Crippen LogP contribution in [0.25, 0.3) is 0 Å². The molecule has 1 aromatic heterocycles. The number of carbonyl (C=O) groups is 2. The Hall–Kier alpha value is -3.78. The summed E-state index contributed by atoms with van der Waals surface area (Å²) in [7, 11) is 1.90. The molecule has 2 amide bonds. The first kappa shape index (κ1) is 26.8. The number of nitrogens with one attached hydrogen (secondary N) is 2. The van der Waals surface area contributed by atoms with Crippen molar-refractivity contribution in [1.29, 1.82) is 0 Å². The molecule has 0 bridgehead atoms. The number of pyridine rings is 1. The predicted molar refractivity (Wildman–Crippen MR) is 139 cm³/mol. The zero-order chi connectivity index (χ0) is 26.1. The Morgan fingerprint density at radius 2 is 1.56 bits per heavy atom. The van der Waals surface area contributed by atoms with Gasteiger partial charge in [0.15, 0.2) is 0 Å². The Labute approximate surface area is 211 Å². The largest absolute Gasteiger partial charge is 0.384 e. The molecule has 0 saturated heterocycles. The van der Waals surface area contributed by atoms with E-state index in [2.05, 4.69) is 15.6 Å². The molecular formula is C28H34FN5O2. The van der Waals surface area contributed by atoms with E-state index in [1.54, 1.807) is 30.5 Å². The Morgan fingerprint density at radius 3 is 2.17 bits per heavy atom. The number of rotatable bonds is 11. The maximum absolute atomic E-state index is 13.5. The highest BCUT2D eigenvalue weighted by atomic mass is 19.1. The second-order valence-electron chi connectivity index (χ2n) is 9.17. The fourth-order valence-electron chi connectivity index (χ4n) is 3.81. The van der Waals surface area contributed by atoms with E-state index < -0.39 is 12.1 Å². The number of halogens is 1. The number of nitrogen functional groups attached to an aromatic ring is 1. The Bertz CT molecular complexity index is 1120. The van der Waals surface area contributed by atoms with Crippen molar-refractivity contribution in [2.24, 2.45) is 0 Å². The molecule has 3 aromatic rings. The molecule has 0 aliphatic rings. The van der Waals surface area contributed by atoms with Crippen molar-refractivity contribution in [2.75, 3.05) is 12.8 Å². The molecule has 2 aromatic carbocycles. The summed E-state index contributed by atoms with van der Waals surface area (Å²) in [5.74, 6) is -0.548. The summed E-state index contributed by atoms with van der Waals surface area (Å²) in [6, 6.07) is 18.0. The van der Waals surface area contributed by atoms with E-state index in [1.165, 1.54) is 12.1 Å². The Balaban J connectivity index is 1.78. The van der Waals surface area contributed by atoms with Crippen molar-refractivity contribution < 1.29 is 14.0 Å². The smallest absolute Gasteiger partial charge is 0.243 e. The van der Waals surface area contributed by atoms with Gasteiger partial charge in [0.05, 0.1) is 6.04 Å². The number of hydrogen-bond acceptors (Lipinski definition) is 5. The molecule has 2 atom stereocenters. The molecule has 0 radical (unpaired) electrons. The second-order valence-corrected chi connectivity index (χ2v) is 9.17. The first-order valence-electron chi connectivity index (χ1n) is 12.0. The first-order chi connectivity index (χ1) is 17.2. The number of amides is 2. The molecule has 0 fully saturated rings. The molecule has 1 unspecified atom stereocenters. The number of carbonyl (C=O) groups excluding carboxylic acids is 2. The van der Waals surface area contributed by atoms with Gasteiger partial charge in [-0.2, -0.15) is 0 Å². The standard InChI is InChI=1S/C28H34FN5O2/c1-19(2)34(3)25(16-20-7-5-4-6-8-20)28(36)33-24(15-21-9-12-23(29)13-10-21)27(35)32-18-22-11-14-26(30)31-17-22/h4-14,17,19,24-25H,15-16,18H2,1-3H3,(H2,30,31)(H,32,35)(H,33,36)/t24-,25?/m0/s1. The third-order valence-electron chi connectivity index (χ3n) is 6.18. The highest BCUT2D eigenvalue weighted by Crippen LogP contribution is 2.13. The highest BCUT2D eigenvalue weighted by molar-refractivity contribution is 5.90. The van der Waals surface area contributed by atoms with Crippen LogP contribution >= 0.6 is 0 Å². The number of aromatic nitrogens is 1. The maximum Gasteiger partial charge on any atom is 0.243 e. The van der Waals surface area contributed by atoms with E-state index in [0.717, 1.165) is 16.7 Å². The van der Waals surface area contributed by atoms with Crippen LogP contribution in [0.1, 0.15) is 30.5 Å². The Morgan fingerprint density at radius 1 is 0.917 bits per heavy atom. The number of nitrogens with zero attached hydrogens (tertiary/aromatic N) is 2. The number of hydrogen-bond donors (Lipinski definition) is 3. The van der Waals surface area contributed by atoms with Crippen molar-refractivity contribution >= 4 is 17.6 Å². The highest BCUT2D eigenvalue weighted by Gasteiger charge is 2.29. The topological polar surface area (TPSA) is 100 Å². The van der Waals surface area contributed by atoms with Gasteiger partial charge in [0.2, 0.25) is 11.8 Å². The third kappa shape index (κ3) is 7.88. The van der Waals surface area contributed by atoms with Gasteiger partial charge in [0.25, 0.3) is 0 Å². The summed E-state index contributed by atoms with van der Waals surface area (Å²) in [5, 5.41) is 5.83. The van der Waals surface area contributed by atoms with Crippen molar-refractivity contribution in [1.82, 2.24) is 20.5 Å². The minimum atomic E-state index is -0.844. The number of anilines is 1. The molecule has 190 valence electrons. The zero-order valence-electron chi connectivity index (χ0n) is 20.9. The third-order valence-corrected chi connectivity index (χ3v) is 6.18. The molecular weight excluding hydrogens is 457 g/mol. The van der Waals surface area contributed by atoms with Crippen LogP contribution in [0.5, 0.6) is 0 Å². The van der Waals surface area contributed by atoms with Crippen LogP contribution < -0.4 is 16.4 Å². The van der Waals surface area contributed by atoms with E-state index in [9.17, 15) is 14.0 Å². The van der Waals surface area contributed by atoms with E-state index >= 15 is 0 Å². The van der Waals surface area contributed by atoms with Crippen LogP contribution in [0.15, 0.2) is 72.9 Å². The summed E-state index contributed by atoms with van der Waals surface area (Å²) in [5.41, 5.74) is 8.18. The van der Waals surface area contributed by atoms with E-state index in [1.807, 2.05) is 56.1 Å². The van der Waals surface area contributed by atoms with Gasteiger partial charge in [-0.05, 0) is 62.2 Å². The SMILES string of the molecule is CC(C)N(C)C(Cc1ccccc1)C(=O)N[C@@H](Cc1ccc(F)cc1)C(=O)NCc1ccc(N)nc1. The van der Waals surface area contributed by atoms with E-state index in [0.29, 0.717) is 12.2 Å². The van der Waals surface area contributed by atoms with E-state index in [4.69, 9.17) is 5.73 Å². The van der Waals surface area contributed by atoms with Gasteiger partial charge >= 0.3 is 0 Å². The molecule has 8 heteroatoms. The number of likely N-dealkylation sites (N-methyl/N-ethyl adjacent to an activating group) is 1. The van der Waals surface area contributed by atoms with Gasteiger partial charge in [-0.1, -0.05) is 48.5 Å². The lowest BCUT2D eigenvalue weighted by molar-refractivity contribution is -0.132. The molecule has 0 spiro atoms. The summed E-state index contributed by atoms with van der Waals surface area (Å²) in [6.07, 6.45) is 2.32. The van der Waals surface area contributed by atoms with Gasteiger partial charge in [-0.15, -0.1) is 0 Å². The van der Waals surface area contributed by atoms with Crippen LogP contribution in [0, 0.1) is 5.82 Å². The van der Waals surface area contributed by atoms with Crippen molar-refractivity contribution in [3.63, 3.8) is 0 Å². The minimum absolute atomic E-state index is 0.117. The summed E-state index contributed by atoms with van der Waals surface area (Å²) < 4.78 is 13.4. The van der Waals surface area contributed by atoms with Crippen LogP contribution in [0.3, 0.4) is 0 Å². The number of benzene rings is 2. The summed E-state index contributed by atoms with van der Waals surface area (Å²) in [6.45, 7) is 4.28. The first-order valence-corrected chi connectivity index (χ1v) is 12.0. The summed E-state index contributed by atoms with van der Waals surface area (Å²) >= 11 is 0. The van der Waals surface area contributed by atoms with Crippen LogP contribution in [0.2, 0.25) is 0 Å². The second kappa shape index (κ2) is 12.8. The molecule has 0 aliphatic carbocycles. The molecule has 7 nitrogen and oxygen atoms in total. The lowest BCUT2D eigenvalue weighted by Crippen LogP contribution is -2.55. The van der Waals surface area contributed by atoms with Crippen molar-refractivity contribution in [3.05, 3.63) is 95.4 Å². The van der Waals surface area contributed by atoms with Gasteiger partial charge in [-0.25, -0.2) is 9.37 Å². The summed E-state index contributed by atoms with van der Waals surface area (Å²) in [4.78, 5) is 32.8. The normalized spacial score (nSPS) is 12.8. The fraction of sp³-hybridized carbons (Fsp3) is 0.321. The van der Waals surface area contributed by atoms with Crippen LogP contribution in [-0.2, 0) is 29.0 Å². The number of nitrogens with two attached hydrogens (primary N) is 1. The molecule has 3 rings (SSSR count). The van der Waals surface area contributed by atoms with Gasteiger partial charge in [0, 0.05) is 25.2 Å². The molecule has 1 heterocycles. The van der Waals surface area contributed by atoms with Gasteiger partial charge in [0.1, 0.15) is 17.7 Å². The molecule has 36 heavy (non-hydrogen) atoms. The average Bonchev–Trinajstić information content (AvgIpc) is 2.87. The average molecular weight is 492 g/mol. The molecule has 0 saturated carbocycles. The molecule has 0 aliphatic heterocycles. The fourth-order valence-corrected chi connectivity index (χ4v) is 3.81. The Kier molecular flexibility index (Phi) is 9.53. The monoisotopic (exact) mass is 491 g/mol. The van der Waals surface area contributed by atoms with E-state index in [-0.39, 0.29) is 36.6 Å². The van der Waals surface area contributed by atoms with Gasteiger partial charge in [-0.3, -0.25) is 14.5 Å². The van der Waals surface area contributed by atoms with Crippen molar-refractivity contribution in [3.8, 4) is 0 Å². The molecule has 4 N–H and O–H groups in total. The minimum Gasteiger partial charge on any atom is -0.384 e. The van der Waals surface area contributed by atoms with Crippen molar-refractivity contribution in [2.45, 2.75) is 51.4 Å². The zero-order valence-corrected chi connectivity index (χ0v) is 20.9. The predicted octanol–water partition coefficient (Wildman–Crippen LogP) is 3.10. The van der Waals surface area contributed by atoms with Crippen LogP contribution in [-0.4, -0.2) is 46.9 Å². The maximum atomic E-state index is 13.5. The lowest BCUT2D eigenvalue weighted by atomic mass is 10.0.